The summed E-state index contributed by atoms with van der Waals surface area (Å²) in [6, 6.07) is 14.7. The number of benzene rings is 3. The third kappa shape index (κ3) is 11.6. The Morgan fingerprint density at radius 2 is 1.53 bits per heavy atom. The highest BCUT2D eigenvalue weighted by molar-refractivity contribution is 7.88. The Bertz CT molecular complexity index is 1640. The van der Waals surface area contributed by atoms with Crippen LogP contribution >= 0.6 is 0 Å². The highest BCUT2D eigenvalue weighted by Gasteiger charge is 2.27. The number of aliphatic hydroxyl groups is 1. The topological polar surface area (TPSA) is 119 Å². The van der Waals surface area contributed by atoms with Gasteiger partial charge in [-0.05, 0) is 60.7 Å². The van der Waals surface area contributed by atoms with E-state index in [9.17, 15) is 31.9 Å². The lowest BCUT2D eigenvalue weighted by molar-refractivity contribution is 0.0634. The van der Waals surface area contributed by atoms with Crippen molar-refractivity contribution in [1.82, 2.24) is 20.1 Å². The molecule has 252 valence electrons. The van der Waals surface area contributed by atoms with Crippen molar-refractivity contribution in [3.05, 3.63) is 106 Å². The van der Waals surface area contributed by atoms with Crippen molar-refractivity contribution in [3.8, 4) is 12.3 Å². The maximum atomic E-state index is 14.1. The van der Waals surface area contributed by atoms with Gasteiger partial charge in [0, 0.05) is 48.9 Å². The smallest absolute Gasteiger partial charge is 0.253 e. The molecular weight excluding hydrogens is 626 g/mol. The first kappa shape index (κ1) is 37.3. The number of halogens is 2. The van der Waals surface area contributed by atoms with E-state index in [0.29, 0.717) is 30.3 Å². The van der Waals surface area contributed by atoms with Gasteiger partial charge < -0.3 is 15.3 Å². The van der Waals surface area contributed by atoms with Gasteiger partial charge in [0.15, 0.2) is 0 Å². The van der Waals surface area contributed by atoms with Crippen LogP contribution in [0.1, 0.15) is 71.0 Å². The number of sulfonamides is 1. The molecule has 0 saturated heterocycles. The van der Waals surface area contributed by atoms with Crippen molar-refractivity contribution in [2.45, 2.75) is 57.9 Å². The Morgan fingerprint density at radius 3 is 2.11 bits per heavy atom. The van der Waals surface area contributed by atoms with Crippen molar-refractivity contribution in [1.29, 1.82) is 0 Å². The molecule has 0 aliphatic heterocycles. The van der Waals surface area contributed by atoms with Crippen molar-refractivity contribution in [2.24, 2.45) is 0 Å². The lowest BCUT2D eigenvalue weighted by Gasteiger charge is -2.30. The molecule has 0 heterocycles. The van der Waals surface area contributed by atoms with Crippen LogP contribution in [0.25, 0.3) is 0 Å². The second kappa shape index (κ2) is 17.7. The first-order valence-electron chi connectivity index (χ1n) is 15.5. The molecule has 47 heavy (non-hydrogen) atoms. The van der Waals surface area contributed by atoms with Crippen LogP contribution in [0.4, 0.5) is 8.78 Å². The number of carbonyl (C=O) groups excluding carboxylic acids is 2. The van der Waals surface area contributed by atoms with E-state index in [1.54, 1.807) is 42.2 Å². The van der Waals surface area contributed by atoms with Crippen LogP contribution < -0.4 is 10.1 Å². The summed E-state index contributed by atoms with van der Waals surface area (Å²) in [5.74, 6) is -0.484. The maximum Gasteiger partial charge on any atom is 0.253 e. The van der Waals surface area contributed by atoms with Gasteiger partial charge in [-0.15, -0.1) is 11.3 Å². The van der Waals surface area contributed by atoms with E-state index in [1.165, 1.54) is 23.2 Å². The molecule has 0 radical (unpaired) electrons. The van der Waals surface area contributed by atoms with Gasteiger partial charge in [0.25, 0.3) is 11.8 Å². The molecule has 3 aromatic carbocycles. The van der Waals surface area contributed by atoms with E-state index < -0.39 is 39.7 Å². The number of likely N-dealkylation sites (N-methyl/N-ethyl adjacent to an activating group) is 1. The minimum absolute atomic E-state index is 0.0512. The number of nitrogens with zero attached hydrogens (tertiary/aromatic N) is 2. The van der Waals surface area contributed by atoms with E-state index in [2.05, 4.69) is 16.1 Å². The molecule has 0 aliphatic carbocycles. The molecule has 2 amide bonds. The Kier molecular flexibility index (Phi) is 14.0. The molecule has 3 aromatic rings. The summed E-state index contributed by atoms with van der Waals surface area (Å²) in [5.41, 5.74) is 1.29. The molecular formula is C35H42F2N4O5S. The van der Waals surface area contributed by atoms with E-state index in [0.717, 1.165) is 25.0 Å². The molecule has 0 bridgehead atoms. The van der Waals surface area contributed by atoms with Crippen LogP contribution in [0.15, 0.2) is 66.7 Å². The largest absolute Gasteiger partial charge is 0.390 e. The molecule has 0 saturated carbocycles. The van der Waals surface area contributed by atoms with Crippen LogP contribution in [0.5, 0.6) is 0 Å². The van der Waals surface area contributed by atoms with Gasteiger partial charge >= 0.3 is 0 Å². The van der Waals surface area contributed by atoms with Crippen LogP contribution in [0.3, 0.4) is 0 Å². The Morgan fingerprint density at radius 1 is 0.915 bits per heavy atom. The van der Waals surface area contributed by atoms with Gasteiger partial charge in [0.05, 0.1) is 17.9 Å². The normalized spacial score (nSPS) is 12.7. The summed E-state index contributed by atoms with van der Waals surface area (Å²) >= 11 is 0. The number of carbonyl (C=O) groups is 2. The average molecular weight is 669 g/mol. The van der Waals surface area contributed by atoms with Crippen LogP contribution in [0, 0.1) is 24.0 Å². The number of rotatable bonds is 17. The number of hydrazine groups is 1. The van der Waals surface area contributed by atoms with Crippen molar-refractivity contribution in [2.75, 3.05) is 26.2 Å². The number of terminal acetylenes is 1. The first-order valence-corrected chi connectivity index (χ1v) is 17.2. The van der Waals surface area contributed by atoms with Gasteiger partial charge in [-0.1, -0.05) is 57.0 Å². The summed E-state index contributed by atoms with van der Waals surface area (Å²) in [6.45, 7) is 6.52. The molecule has 3 N–H and O–H groups in total. The van der Waals surface area contributed by atoms with E-state index in [1.807, 2.05) is 13.8 Å². The highest BCUT2D eigenvalue weighted by atomic mass is 32.2. The number of hydrogen-bond acceptors (Lipinski definition) is 6. The summed E-state index contributed by atoms with van der Waals surface area (Å²) in [5, 5.41) is 15.4. The molecule has 0 fully saturated rings. The molecule has 2 atom stereocenters. The van der Waals surface area contributed by atoms with Gasteiger partial charge in [-0.25, -0.2) is 22.2 Å². The fourth-order valence-electron chi connectivity index (χ4n) is 5.13. The summed E-state index contributed by atoms with van der Waals surface area (Å²) in [4.78, 5) is 31.1. The van der Waals surface area contributed by atoms with Crippen molar-refractivity contribution < 1.29 is 31.9 Å². The SMILES string of the molecule is C#Cc1cc(C(=O)NC(Cc2cc(F)cc(F)c2)C(O)CN(CC)NS(=O)(=O)Cc2ccccc2)cc(C(=O)N(CCC)CCC)c1. The summed E-state index contributed by atoms with van der Waals surface area (Å²) in [6.07, 6.45) is 5.53. The average Bonchev–Trinajstić information content (AvgIpc) is 3.03. The second-order valence-corrected chi connectivity index (χ2v) is 12.9. The molecule has 0 spiro atoms. The van der Waals surface area contributed by atoms with E-state index >= 15 is 0 Å². The van der Waals surface area contributed by atoms with E-state index in [4.69, 9.17) is 6.42 Å². The molecule has 12 heteroatoms. The molecule has 0 aromatic heterocycles. The van der Waals surface area contributed by atoms with Crippen LogP contribution in [-0.2, 0) is 22.2 Å². The monoisotopic (exact) mass is 668 g/mol. The van der Waals surface area contributed by atoms with Crippen LogP contribution in [-0.4, -0.2) is 73.6 Å². The summed E-state index contributed by atoms with van der Waals surface area (Å²) in [7, 11) is -3.87. The Hall–Kier alpha value is -4.15. The highest BCUT2D eigenvalue weighted by Crippen LogP contribution is 2.17. The fourth-order valence-corrected chi connectivity index (χ4v) is 6.42. The third-order valence-corrected chi connectivity index (χ3v) is 8.55. The zero-order valence-corrected chi connectivity index (χ0v) is 27.7. The van der Waals surface area contributed by atoms with E-state index in [-0.39, 0.29) is 47.9 Å². The lowest BCUT2D eigenvalue weighted by atomic mass is 9.99. The third-order valence-electron chi connectivity index (χ3n) is 7.30. The summed E-state index contributed by atoms with van der Waals surface area (Å²) < 4.78 is 54.0. The van der Waals surface area contributed by atoms with Crippen molar-refractivity contribution in [3.63, 3.8) is 0 Å². The predicted molar refractivity (Wildman–Crippen MR) is 178 cm³/mol. The van der Waals surface area contributed by atoms with Gasteiger partial charge in [0.2, 0.25) is 10.0 Å². The Balaban J connectivity index is 1.89. The number of aliphatic hydroxyl groups excluding tert-OH is 1. The number of hydrogen-bond donors (Lipinski definition) is 3. The molecule has 2 unspecified atom stereocenters. The van der Waals surface area contributed by atoms with Crippen LogP contribution in [0.2, 0.25) is 0 Å². The van der Waals surface area contributed by atoms with Gasteiger partial charge in [-0.3, -0.25) is 9.59 Å². The molecule has 9 nitrogen and oxygen atoms in total. The lowest BCUT2D eigenvalue weighted by Crippen LogP contribution is -2.53. The fraction of sp³-hybridized carbons (Fsp3) is 0.371. The zero-order valence-electron chi connectivity index (χ0n) is 26.9. The minimum Gasteiger partial charge on any atom is -0.390 e. The maximum absolute atomic E-state index is 14.1. The molecule has 3 rings (SSSR count). The van der Waals surface area contributed by atoms with Crippen molar-refractivity contribution >= 4 is 21.8 Å². The first-order chi connectivity index (χ1) is 22.4. The quantitative estimate of drug-likeness (QED) is 0.146. The molecule has 0 aliphatic rings. The predicted octanol–water partition coefficient (Wildman–Crippen LogP) is 4.27. The number of amides is 2. The Labute approximate surface area is 276 Å². The van der Waals surface area contributed by atoms with Gasteiger partial charge in [0.1, 0.15) is 11.6 Å². The standard InChI is InChI=1S/C35H42F2N4O5S/c1-5-14-40(15-6-2)35(44)29-17-25(7-3)16-28(21-29)34(43)38-32(20-27-18-30(36)22-31(37)19-27)33(42)23-41(8-4)39-47(45,46)24-26-12-10-9-11-13-26/h3,9-13,16-19,21-22,32-33,39,42H,5-6,8,14-15,20,23-24H2,1-2,4H3,(H,38,43). The number of nitrogens with one attached hydrogen (secondary N) is 2. The van der Waals surface area contributed by atoms with Gasteiger partial charge in [-0.2, -0.15) is 0 Å². The minimum atomic E-state index is -3.87. The zero-order chi connectivity index (χ0) is 34.6. The second-order valence-electron chi connectivity index (χ2n) is 11.2.